The first kappa shape index (κ1) is 19.4. The molecular weight excluding hydrogens is 365 g/mol. The number of carbonyl (C=O) groups is 1. The summed E-state index contributed by atoms with van der Waals surface area (Å²) in [5, 5.41) is 3.23. The first-order valence-electron chi connectivity index (χ1n) is 7.58. The molecule has 0 heterocycles. The van der Waals surface area contributed by atoms with Crippen molar-refractivity contribution in [2.24, 2.45) is 0 Å². The van der Waals surface area contributed by atoms with Crippen molar-refractivity contribution in [3.63, 3.8) is 0 Å². The Hall–Kier alpha value is -1.92. The lowest BCUT2D eigenvalue weighted by Gasteiger charge is -2.13. The number of rotatable bonds is 8. The molecule has 2 aromatic carbocycles. The first-order valence-corrected chi connectivity index (χ1v) is 9.11. The summed E-state index contributed by atoms with van der Waals surface area (Å²) in [5.74, 6) is 1.36. The number of nitrogens with one attached hydrogen (secondary N) is 1. The molecule has 0 fully saturated rings. The number of thioether (sulfide) groups is 1. The molecule has 0 saturated heterocycles. The van der Waals surface area contributed by atoms with Crippen LogP contribution in [0.3, 0.4) is 0 Å². The predicted molar refractivity (Wildman–Crippen MR) is 99.5 cm³/mol. The van der Waals surface area contributed by atoms with Crippen molar-refractivity contribution < 1.29 is 18.7 Å². The van der Waals surface area contributed by atoms with Crippen LogP contribution in [-0.2, 0) is 5.75 Å². The number of hydrogen-bond donors (Lipinski definition) is 1. The fraction of sp³-hybridized carbons (Fsp3) is 0.278. The number of benzene rings is 2. The SMILES string of the molecule is COc1cccc(OC)c1C(=O)NCCSCc1c(F)cccc1Cl. The summed E-state index contributed by atoms with van der Waals surface area (Å²) in [6, 6.07) is 9.78. The monoisotopic (exact) mass is 383 g/mol. The summed E-state index contributed by atoms with van der Waals surface area (Å²) >= 11 is 7.48. The summed E-state index contributed by atoms with van der Waals surface area (Å²) in [6.45, 7) is 0.427. The average molecular weight is 384 g/mol. The van der Waals surface area contributed by atoms with Crippen molar-refractivity contribution in [2.45, 2.75) is 5.75 Å². The van der Waals surface area contributed by atoms with Crippen molar-refractivity contribution in [3.8, 4) is 11.5 Å². The zero-order valence-corrected chi connectivity index (χ0v) is 15.5. The lowest BCUT2D eigenvalue weighted by molar-refractivity contribution is 0.0950. The zero-order chi connectivity index (χ0) is 18.2. The summed E-state index contributed by atoms with van der Waals surface area (Å²) in [4.78, 5) is 12.4. The van der Waals surface area contributed by atoms with Gasteiger partial charge in [0.25, 0.3) is 5.91 Å². The molecule has 0 atom stereocenters. The fourth-order valence-corrected chi connectivity index (χ4v) is 3.44. The highest BCUT2D eigenvalue weighted by Crippen LogP contribution is 2.28. The van der Waals surface area contributed by atoms with Gasteiger partial charge in [0.1, 0.15) is 22.9 Å². The largest absolute Gasteiger partial charge is 0.496 e. The van der Waals surface area contributed by atoms with E-state index in [0.717, 1.165) is 0 Å². The number of amides is 1. The van der Waals surface area contributed by atoms with Gasteiger partial charge in [0.15, 0.2) is 0 Å². The van der Waals surface area contributed by atoms with Crippen LogP contribution in [0.2, 0.25) is 5.02 Å². The lowest BCUT2D eigenvalue weighted by atomic mass is 10.1. The zero-order valence-electron chi connectivity index (χ0n) is 14.0. The Bertz CT molecular complexity index is 700. The van der Waals surface area contributed by atoms with E-state index >= 15 is 0 Å². The van der Waals surface area contributed by atoms with Crippen molar-refractivity contribution >= 4 is 29.3 Å². The molecule has 2 aromatic rings. The third-order valence-corrected chi connectivity index (χ3v) is 4.83. The second-order valence-corrected chi connectivity index (χ2v) is 6.56. The van der Waals surface area contributed by atoms with Crippen LogP contribution in [0.15, 0.2) is 36.4 Å². The van der Waals surface area contributed by atoms with Crippen molar-refractivity contribution in [2.75, 3.05) is 26.5 Å². The topological polar surface area (TPSA) is 47.6 Å². The molecular formula is C18H19ClFNO3S. The van der Waals surface area contributed by atoms with Gasteiger partial charge >= 0.3 is 0 Å². The van der Waals surface area contributed by atoms with E-state index in [4.69, 9.17) is 21.1 Å². The highest BCUT2D eigenvalue weighted by atomic mass is 35.5. The molecule has 0 unspecified atom stereocenters. The smallest absolute Gasteiger partial charge is 0.258 e. The third-order valence-electron chi connectivity index (χ3n) is 3.49. The summed E-state index contributed by atoms with van der Waals surface area (Å²) < 4.78 is 24.1. The average Bonchev–Trinajstić information content (AvgIpc) is 2.62. The maximum atomic E-state index is 13.7. The van der Waals surface area contributed by atoms with E-state index in [9.17, 15) is 9.18 Å². The van der Waals surface area contributed by atoms with Gasteiger partial charge in [-0.2, -0.15) is 11.8 Å². The molecule has 4 nitrogen and oxygen atoms in total. The molecule has 0 aliphatic heterocycles. The van der Waals surface area contributed by atoms with Gasteiger partial charge in [-0.1, -0.05) is 23.7 Å². The minimum Gasteiger partial charge on any atom is -0.496 e. The second kappa shape index (κ2) is 9.53. The summed E-state index contributed by atoms with van der Waals surface area (Å²) in [7, 11) is 3.00. The van der Waals surface area contributed by atoms with Crippen LogP contribution in [-0.4, -0.2) is 32.4 Å². The van der Waals surface area contributed by atoms with Crippen molar-refractivity contribution in [1.82, 2.24) is 5.32 Å². The number of methoxy groups -OCH3 is 2. The molecule has 0 saturated carbocycles. The van der Waals surface area contributed by atoms with Gasteiger partial charge in [-0.3, -0.25) is 4.79 Å². The van der Waals surface area contributed by atoms with Crippen molar-refractivity contribution in [1.29, 1.82) is 0 Å². The third kappa shape index (κ3) is 5.03. The Morgan fingerprint density at radius 1 is 1.16 bits per heavy atom. The quantitative estimate of drug-likeness (QED) is 0.695. The molecule has 7 heteroatoms. The van der Waals surface area contributed by atoms with E-state index in [1.54, 1.807) is 30.3 Å². The van der Waals surface area contributed by atoms with Crippen LogP contribution in [0, 0.1) is 5.82 Å². The van der Waals surface area contributed by atoms with E-state index in [2.05, 4.69) is 5.32 Å². The minimum atomic E-state index is -0.317. The molecule has 0 aliphatic rings. The van der Waals surface area contributed by atoms with Gasteiger partial charge in [-0.25, -0.2) is 4.39 Å². The van der Waals surface area contributed by atoms with E-state index in [1.807, 2.05) is 0 Å². The Balaban J connectivity index is 1.87. The maximum absolute atomic E-state index is 13.7. The maximum Gasteiger partial charge on any atom is 0.258 e. The second-order valence-electron chi connectivity index (χ2n) is 5.05. The first-order chi connectivity index (χ1) is 12.1. The molecule has 25 heavy (non-hydrogen) atoms. The number of ether oxygens (including phenoxy) is 2. The van der Waals surface area contributed by atoms with E-state index in [0.29, 0.717) is 45.7 Å². The van der Waals surface area contributed by atoms with Crippen LogP contribution in [0.5, 0.6) is 11.5 Å². The van der Waals surface area contributed by atoms with Gasteiger partial charge in [-0.15, -0.1) is 0 Å². The highest BCUT2D eigenvalue weighted by Gasteiger charge is 2.17. The van der Waals surface area contributed by atoms with Gasteiger partial charge < -0.3 is 14.8 Å². The van der Waals surface area contributed by atoms with Crippen LogP contribution in [0.25, 0.3) is 0 Å². The molecule has 1 amide bonds. The molecule has 134 valence electrons. The van der Waals surface area contributed by atoms with Crippen LogP contribution in [0.4, 0.5) is 4.39 Å². The van der Waals surface area contributed by atoms with Gasteiger partial charge in [0, 0.05) is 28.6 Å². The van der Waals surface area contributed by atoms with Gasteiger partial charge in [0.2, 0.25) is 0 Å². The van der Waals surface area contributed by atoms with Crippen molar-refractivity contribution in [3.05, 3.63) is 58.4 Å². The molecule has 2 rings (SSSR count). The molecule has 1 N–H and O–H groups in total. The predicted octanol–water partition coefficient (Wildman–Crippen LogP) is 4.16. The van der Waals surface area contributed by atoms with Crippen LogP contribution >= 0.6 is 23.4 Å². The van der Waals surface area contributed by atoms with E-state index < -0.39 is 0 Å². The number of hydrogen-bond acceptors (Lipinski definition) is 4. The summed E-state index contributed by atoms with van der Waals surface area (Å²) in [5.41, 5.74) is 0.835. The Morgan fingerprint density at radius 3 is 2.40 bits per heavy atom. The molecule has 0 bridgehead atoms. The van der Waals surface area contributed by atoms with Gasteiger partial charge in [-0.05, 0) is 24.3 Å². The fourth-order valence-electron chi connectivity index (χ4n) is 2.24. The minimum absolute atomic E-state index is 0.279. The molecule has 0 spiro atoms. The van der Waals surface area contributed by atoms with E-state index in [-0.39, 0.29) is 11.7 Å². The van der Waals surface area contributed by atoms with Gasteiger partial charge in [0.05, 0.1) is 14.2 Å². The number of carbonyl (C=O) groups excluding carboxylic acids is 1. The Labute approximate surface area is 155 Å². The normalized spacial score (nSPS) is 10.4. The Kier molecular flexibility index (Phi) is 7.40. The summed E-state index contributed by atoms with van der Waals surface area (Å²) in [6.07, 6.45) is 0. The van der Waals surface area contributed by atoms with Crippen LogP contribution < -0.4 is 14.8 Å². The molecule has 0 radical (unpaired) electrons. The standard InChI is InChI=1S/C18H19ClFNO3S/c1-23-15-7-4-8-16(24-2)17(15)18(22)21-9-10-25-11-12-13(19)5-3-6-14(12)20/h3-8H,9-11H2,1-2H3,(H,21,22). The van der Waals surface area contributed by atoms with Crippen LogP contribution in [0.1, 0.15) is 15.9 Å². The molecule has 0 aromatic heterocycles. The van der Waals surface area contributed by atoms with E-state index in [1.165, 1.54) is 32.0 Å². The molecule has 0 aliphatic carbocycles. The lowest BCUT2D eigenvalue weighted by Crippen LogP contribution is -2.26. The number of halogens is 2. The Morgan fingerprint density at radius 2 is 1.80 bits per heavy atom. The highest BCUT2D eigenvalue weighted by molar-refractivity contribution is 7.98.